The molecule has 0 aliphatic heterocycles. The van der Waals surface area contributed by atoms with E-state index in [2.05, 4.69) is 0 Å². The van der Waals surface area contributed by atoms with Crippen LogP contribution >= 0.6 is 0 Å². The van der Waals surface area contributed by atoms with Crippen molar-refractivity contribution >= 4 is 0 Å². The van der Waals surface area contributed by atoms with Crippen molar-refractivity contribution in [1.29, 1.82) is 0 Å². The fourth-order valence-electron chi connectivity index (χ4n) is 1.26. The minimum atomic E-state index is -0.810. The molecule has 0 amide bonds. The molecule has 78 valence electrons. The Hall–Kier alpha value is -1.88. The van der Waals surface area contributed by atoms with E-state index in [0.29, 0.717) is 5.56 Å². The highest BCUT2D eigenvalue weighted by Crippen LogP contribution is 2.22. The lowest BCUT2D eigenvalue weighted by atomic mass is 10.1. The van der Waals surface area contributed by atoms with Crippen molar-refractivity contribution in [2.75, 3.05) is 0 Å². The van der Waals surface area contributed by atoms with E-state index in [1.165, 1.54) is 24.3 Å². The van der Waals surface area contributed by atoms with Gasteiger partial charge in [0.05, 0.1) is 6.54 Å². The van der Waals surface area contributed by atoms with Gasteiger partial charge < -0.3 is 14.6 Å². The molecule has 0 radical (unpaired) electrons. The lowest BCUT2D eigenvalue weighted by molar-refractivity contribution is 0.376. The molecule has 15 heavy (non-hydrogen) atoms. The average Bonchev–Trinajstić information content (AvgIpc) is 2.61. The van der Waals surface area contributed by atoms with Crippen molar-refractivity contribution < 1.29 is 13.2 Å². The van der Waals surface area contributed by atoms with Crippen LogP contribution in [0, 0.1) is 5.82 Å². The van der Waals surface area contributed by atoms with Crippen molar-refractivity contribution in [3.8, 4) is 11.3 Å². The fraction of sp³-hybridized carbons (Fsp3) is 0.100. The van der Waals surface area contributed by atoms with Crippen LogP contribution in [0.3, 0.4) is 0 Å². The first-order valence-electron chi connectivity index (χ1n) is 4.29. The number of halogens is 1. The van der Waals surface area contributed by atoms with E-state index in [9.17, 15) is 9.18 Å². The number of benzene rings is 1. The largest absolute Gasteiger partial charge is 0.519 e. The van der Waals surface area contributed by atoms with Crippen LogP contribution in [0.4, 0.5) is 4.39 Å². The van der Waals surface area contributed by atoms with Gasteiger partial charge in [0.2, 0.25) is 0 Å². The summed E-state index contributed by atoms with van der Waals surface area (Å²) in [4.78, 5) is 10.8. The van der Waals surface area contributed by atoms with Crippen molar-refractivity contribution in [2.24, 2.45) is 5.73 Å². The molecule has 1 aromatic carbocycles. The Morgan fingerprint density at radius 2 is 1.87 bits per heavy atom. The monoisotopic (exact) mass is 209 g/mol. The molecule has 0 aliphatic rings. The van der Waals surface area contributed by atoms with E-state index in [0.717, 1.165) is 0 Å². The molecular weight excluding hydrogens is 201 g/mol. The van der Waals surface area contributed by atoms with Gasteiger partial charge in [0, 0.05) is 5.56 Å². The molecule has 0 fully saturated rings. The first-order valence-corrected chi connectivity index (χ1v) is 4.29. The maximum absolute atomic E-state index is 12.6. The quantitative estimate of drug-likeness (QED) is 0.813. The Morgan fingerprint density at radius 1 is 1.20 bits per heavy atom. The lowest BCUT2D eigenvalue weighted by Gasteiger charge is -1.96. The van der Waals surface area contributed by atoms with Crippen molar-refractivity contribution in [3.05, 3.63) is 46.5 Å². The predicted octanol–water partition coefficient (Wildman–Crippen LogP) is 1.50. The zero-order valence-electron chi connectivity index (χ0n) is 7.70. The molecule has 0 spiro atoms. The van der Waals surface area contributed by atoms with Gasteiger partial charge in [0.1, 0.15) is 5.82 Å². The number of hydrogen-bond acceptors (Lipinski definition) is 4. The molecule has 1 aromatic heterocycles. The zero-order valence-corrected chi connectivity index (χ0v) is 7.70. The topological polar surface area (TPSA) is 69.4 Å². The highest BCUT2D eigenvalue weighted by molar-refractivity contribution is 5.58. The minimum Gasteiger partial charge on any atom is -0.394 e. The smallest absolute Gasteiger partial charge is 0.394 e. The summed E-state index contributed by atoms with van der Waals surface area (Å²) in [5, 5.41) is 0. The van der Waals surface area contributed by atoms with Gasteiger partial charge in [0.25, 0.3) is 0 Å². The van der Waals surface area contributed by atoms with E-state index >= 15 is 0 Å². The lowest BCUT2D eigenvalue weighted by Crippen LogP contribution is -1.96. The van der Waals surface area contributed by atoms with Gasteiger partial charge in [-0.2, -0.15) is 0 Å². The average molecular weight is 209 g/mol. The van der Waals surface area contributed by atoms with Gasteiger partial charge in [-0.25, -0.2) is 9.18 Å². The second kappa shape index (κ2) is 3.70. The Labute approximate surface area is 84.1 Å². The van der Waals surface area contributed by atoms with Gasteiger partial charge in [-0.05, 0) is 24.3 Å². The summed E-state index contributed by atoms with van der Waals surface area (Å²) in [6.45, 7) is 0.0540. The molecule has 0 atom stereocenters. The molecule has 0 bridgehead atoms. The van der Waals surface area contributed by atoms with Crippen LogP contribution in [0.2, 0.25) is 0 Å². The van der Waals surface area contributed by atoms with Gasteiger partial charge in [0.15, 0.2) is 11.5 Å². The standard InChI is InChI=1S/C10H8FNO3/c11-7-3-1-6(2-4-7)9-8(5-12)14-10(13)15-9/h1-4H,5,12H2. The molecule has 5 heteroatoms. The molecular formula is C10H8FNO3. The van der Waals surface area contributed by atoms with E-state index in [1.807, 2.05) is 0 Å². The molecule has 4 nitrogen and oxygen atoms in total. The van der Waals surface area contributed by atoms with E-state index in [4.69, 9.17) is 14.6 Å². The van der Waals surface area contributed by atoms with E-state index < -0.39 is 5.82 Å². The maximum Gasteiger partial charge on any atom is 0.519 e. The summed E-state index contributed by atoms with van der Waals surface area (Å²) in [7, 11) is 0. The summed E-state index contributed by atoms with van der Waals surface area (Å²) < 4.78 is 22.2. The Balaban J connectivity index is 2.53. The summed E-state index contributed by atoms with van der Waals surface area (Å²) >= 11 is 0. The number of rotatable bonds is 2. The van der Waals surface area contributed by atoms with E-state index in [1.54, 1.807) is 0 Å². The van der Waals surface area contributed by atoms with Gasteiger partial charge >= 0.3 is 5.82 Å². The molecule has 0 saturated heterocycles. The Bertz CT molecular complexity index is 512. The maximum atomic E-state index is 12.6. The van der Waals surface area contributed by atoms with E-state index in [-0.39, 0.29) is 23.9 Å². The second-order valence-corrected chi connectivity index (χ2v) is 2.92. The highest BCUT2D eigenvalue weighted by atomic mass is 19.1. The zero-order chi connectivity index (χ0) is 10.8. The second-order valence-electron chi connectivity index (χ2n) is 2.92. The normalized spacial score (nSPS) is 10.5. The molecule has 2 rings (SSSR count). The summed E-state index contributed by atoms with van der Waals surface area (Å²) in [5.74, 6) is -0.664. The van der Waals surface area contributed by atoms with Crippen LogP contribution in [-0.2, 0) is 6.54 Å². The minimum absolute atomic E-state index is 0.0540. The van der Waals surface area contributed by atoms with Gasteiger partial charge in [-0.3, -0.25) is 0 Å². The molecule has 0 unspecified atom stereocenters. The fourth-order valence-corrected chi connectivity index (χ4v) is 1.26. The third kappa shape index (κ3) is 1.82. The van der Waals surface area contributed by atoms with Crippen LogP contribution in [-0.4, -0.2) is 0 Å². The predicted molar refractivity (Wildman–Crippen MR) is 50.5 cm³/mol. The summed E-state index contributed by atoms with van der Waals surface area (Å²) in [5.41, 5.74) is 5.92. The molecule has 0 aliphatic carbocycles. The molecule has 2 N–H and O–H groups in total. The van der Waals surface area contributed by atoms with Crippen molar-refractivity contribution in [3.63, 3.8) is 0 Å². The molecule has 1 heterocycles. The third-order valence-corrected chi connectivity index (χ3v) is 1.94. The van der Waals surface area contributed by atoms with Gasteiger partial charge in [-0.15, -0.1) is 0 Å². The Kier molecular flexibility index (Phi) is 2.39. The van der Waals surface area contributed by atoms with Crippen LogP contribution in [0.1, 0.15) is 5.76 Å². The first kappa shape index (κ1) is 9.67. The van der Waals surface area contributed by atoms with Crippen LogP contribution in [0.25, 0.3) is 11.3 Å². The van der Waals surface area contributed by atoms with Crippen LogP contribution < -0.4 is 11.6 Å². The van der Waals surface area contributed by atoms with Crippen LogP contribution in [0.5, 0.6) is 0 Å². The third-order valence-electron chi connectivity index (χ3n) is 1.94. The summed E-state index contributed by atoms with van der Waals surface area (Å²) in [6.07, 6.45) is 0. The number of hydrogen-bond donors (Lipinski definition) is 1. The van der Waals surface area contributed by atoms with Crippen LogP contribution in [0.15, 0.2) is 37.9 Å². The first-order chi connectivity index (χ1) is 7.20. The highest BCUT2D eigenvalue weighted by Gasteiger charge is 2.13. The van der Waals surface area contributed by atoms with Crippen molar-refractivity contribution in [1.82, 2.24) is 0 Å². The summed E-state index contributed by atoms with van der Waals surface area (Å²) in [6, 6.07) is 5.51. The number of nitrogens with two attached hydrogens (primary N) is 1. The Morgan fingerprint density at radius 3 is 2.47 bits per heavy atom. The molecule has 0 saturated carbocycles. The van der Waals surface area contributed by atoms with Crippen molar-refractivity contribution in [2.45, 2.75) is 6.54 Å². The SMILES string of the molecule is NCc1oc(=O)oc1-c1ccc(F)cc1. The van der Waals surface area contributed by atoms with Gasteiger partial charge in [-0.1, -0.05) is 0 Å². The molecule has 2 aromatic rings.